The molecule has 0 aliphatic heterocycles. The quantitative estimate of drug-likeness (QED) is 0.123. The lowest BCUT2D eigenvalue weighted by Gasteiger charge is -1.94. The number of aryl methyl sites for hydroxylation is 2. The Morgan fingerprint density at radius 3 is 0.727 bits per heavy atom. The molecule has 4 aromatic rings. The number of aromatic nitrogens is 8. The smallest absolute Gasteiger partial charge is 0.253 e. The summed E-state index contributed by atoms with van der Waals surface area (Å²) in [4.78, 5) is 6.24. The van der Waals surface area contributed by atoms with Gasteiger partial charge in [0.25, 0.3) is 17.5 Å². The van der Waals surface area contributed by atoms with Crippen molar-refractivity contribution in [1.29, 1.82) is 0 Å². The average Bonchev–Trinajstić information content (AvgIpc) is 3.43. The van der Waals surface area contributed by atoms with Gasteiger partial charge in [-0.15, -0.1) is 0 Å². The summed E-state index contributed by atoms with van der Waals surface area (Å²) in [6.45, 7) is 25.3. The fourth-order valence-electron chi connectivity index (χ4n) is 4.47. The second kappa shape index (κ2) is 21.7. The maximum Gasteiger partial charge on any atom is 0.253 e. The van der Waals surface area contributed by atoms with Gasteiger partial charge in [-0.25, -0.2) is 32.4 Å². The lowest BCUT2D eigenvalue weighted by atomic mass is 10.4. The minimum absolute atomic E-state index is 0. The van der Waals surface area contributed by atoms with Crippen LogP contribution in [0.1, 0.15) is 68.8 Å². The first-order valence-electron chi connectivity index (χ1n) is 14.1. The highest BCUT2D eigenvalue weighted by atomic mass is 127. The number of rotatable bonds is 0. The third-order valence-electron chi connectivity index (χ3n) is 9.34. The van der Waals surface area contributed by atoms with E-state index in [-0.39, 0.29) is 53.4 Å². The van der Waals surface area contributed by atoms with Crippen LogP contribution in [0.25, 0.3) is 0 Å². The first-order valence-corrected chi connectivity index (χ1v) is 16.2. The van der Waals surface area contributed by atoms with E-state index in [1.807, 2.05) is 25.8 Å². The van der Waals surface area contributed by atoms with E-state index in [9.17, 15) is 0 Å². The molecule has 0 atom stereocenters. The standard InChI is InChI=1S/3C8H15N2.C7H12N2.CH3I.2HI.H2O/c3*1-6-7(2)10(5)8(3)9(6)4;1-5-6(2)9(4)7(3)8-5;1-2;;;/h3*1-5H3;1-4H3;1H3;2*1H;1H2/q3*+1;;;;;/p-3. The van der Waals surface area contributed by atoms with E-state index in [1.165, 1.54) is 57.3 Å². The topological polar surface area (TPSA) is 74.2 Å². The highest BCUT2D eigenvalue weighted by molar-refractivity contribution is 14.1. The molecule has 4 rings (SSSR count). The molecule has 0 bridgehead atoms. The van der Waals surface area contributed by atoms with Gasteiger partial charge in [0.05, 0.1) is 48.0 Å². The van der Waals surface area contributed by atoms with E-state index >= 15 is 0 Å². The Morgan fingerprint density at radius 2 is 0.682 bits per heavy atom. The van der Waals surface area contributed by atoms with Crippen molar-refractivity contribution in [2.75, 3.05) is 4.93 Å². The summed E-state index contributed by atoms with van der Waals surface area (Å²) in [6, 6.07) is 0. The van der Waals surface area contributed by atoms with Crippen LogP contribution in [-0.2, 0) is 49.3 Å². The lowest BCUT2D eigenvalue weighted by Crippen LogP contribution is -3.00. The average molecular weight is 955 g/mol. The zero-order chi connectivity index (χ0) is 32.7. The number of imidazole rings is 4. The third kappa shape index (κ3) is 11.7. The van der Waals surface area contributed by atoms with Crippen molar-refractivity contribution in [3.8, 4) is 0 Å². The van der Waals surface area contributed by atoms with Crippen LogP contribution in [0, 0.1) is 83.1 Å². The first kappa shape index (κ1) is 49.9. The van der Waals surface area contributed by atoms with Gasteiger partial charge < -0.3 is 58.0 Å². The Bertz CT molecular complexity index is 1060. The molecule has 4 heterocycles. The highest BCUT2D eigenvalue weighted by Crippen LogP contribution is 2.06. The van der Waals surface area contributed by atoms with Crippen molar-refractivity contribution < 1.29 is 67.1 Å². The van der Waals surface area contributed by atoms with Gasteiger partial charge in [-0.2, -0.15) is 0 Å². The Morgan fingerprint density at radius 1 is 0.455 bits per heavy atom. The largest absolute Gasteiger partial charge is 1.00 e. The van der Waals surface area contributed by atoms with Crippen molar-refractivity contribution in [1.82, 2.24) is 23.3 Å². The van der Waals surface area contributed by atoms with Crippen molar-refractivity contribution in [3.05, 3.63) is 68.8 Å². The summed E-state index contributed by atoms with van der Waals surface area (Å²) >= 11 is 2.15. The summed E-state index contributed by atoms with van der Waals surface area (Å²) in [5.41, 5.74) is 10.5. The molecule has 0 saturated heterocycles. The molecule has 0 amide bonds. The number of hydrogen-bond donors (Lipinski definition) is 0. The summed E-state index contributed by atoms with van der Waals surface area (Å²) < 4.78 is 15.3. The Balaban J connectivity index is -0.000000233. The van der Waals surface area contributed by atoms with Gasteiger partial charge in [-0.3, -0.25) is 0 Å². The molecule has 0 unspecified atom stereocenters. The van der Waals surface area contributed by atoms with E-state index < -0.39 is 0 Å². The maximum atomic E-state index is 4.27. The first-order chi connectivity index (χ1) is 18.8. The minimum atomic E-state index is 0. The van der Waals surface area contributed by atoms with Gasteiger partial charge in [0.2, 0.25) is 0 Å². The fraction of sp³-hybridized carbons (Fsp3) is 0.625. The van der Waals surface area contributed by atoms with Crippen LogP contribution >= 0.6 is 22.6 Å². The molecule has 256 valence electrons. The molecule has 0 saturated carbocycles. The van der Waals surface area contributed by atoms with Crippen LogP contribution in [0.3, 0.4) is 0 Å². The normalized spacial score (nSPS) is 9.39. The van der Waals surface area contributed by atoms with Gasteiger partial charge in [0, 0.05) is 75.1 Å². The van der Waals surface area contributed by atoms with Gasteiger partial charge in [0.15, 0.2) is 0 Å². The number of halogens is 3. The van der Waals surface area contributed by atoms with Crippen LogP contribution < -0.4 is 61.7 Å². The second-order valence-electron chi connectivity index (χ2n) is 10.9. The SMILES string of the molecule is CI.Cc1c(C)[n+](C)c(C)n1C.Cc1c(C)[n+](C)c(C)n1C.Cc1c(C)[n+](C)c(C)n1C.Cc1nc(C)n(C)c1C.[I-].[I-].[OH-]. The molecule has 4 aromatic heterocycles. The van der Waals surface area contributed by atoms with E-state index in [4.69, 9.17) is 0 Å². The van der Waals surface area contributed by atoms with Gasteiger partial charge in [-0.1, -0.05) is 22.6 Å². The second-order valence-corrected chi connectivity index (χ2v) is 10.9. The Kier molecular flexibility index (Phi) is 24.6. The van der Waals surface area contributed by atoms with E-state index in [2.05, 4.69) is 171 Å². The molecular formula is C32H61I3N8O. The van der Waals surface area contributed by atoms with E-state index in [1.54, 1.807) is 0 Å². The monoisotopic (exact) mass is 954 g/mol. The Labute approximate surface area is 316 Å². The van der Waals surface area contributed by atoms with Crippen LogP contribution in [-0.4, -0.2) is 33.7 Å². The zero-order valence-electron chi connectivity index (χ0n) is 31.2. The Hall–Kier alpha value is -1.01. The van der Waals surface area contributed by atoms with E-state index in [0.717, 1.165) is 11.5 Å². The molecule has 0 aliphatic carbocycles. The van der Waals surface area contributed by atoms with Crippen molar-refractivity contribution in [2.45, 2.75) is 83.1 Å². The van der Waals surface area contributed by atoms with Gasteiger partial charge in [0.1, 0.15) is 40.0 Å². The van der Waals surface area contributed by atoms with Crippen LogP contribution in [0.5, 0.6) is 0 Å². The molecule has 1 N–H and O–H groups in total. The summed E-state index contributed by atoms with van der Waals surface area (Å²) in [6.07, 6.45) is 0. The number of hydrogen-bond acceptors (Lipinski definition) is 2. The lowest BCUT2D eigenvalue weighted by molar-refractivity contribution is -0.683. The summed E-state index contributed by atoms with van der Waals surface area (Å²) in [7, 11) is 14.6. The van der Waals surface area contributed by atoms with Crippen molar-refractivity contribution in [3.63, 3.8) is 0 Å². The molecule has 0 aliphatic rings. The maximum absolute atomic E-state index is 4.27. The summed E-state index contributed by atoms with van der Waals surface area (Å²) in [5.74, 6) is 4.99. The van der Waals surface area contributed by atoms with Gasteiger partial charge in [-0.05, 0) is 25.7 Å². The predicted molar refractivity (Wildman–Crippen MR) is 182 cm³/mol. The molecule has 0 radical (unpaired) electrons. The molecule has 12 heteroatoms. The van der Waals surface area contributed by atoms with Crippen LogP contribution in [0.15, 0.2) is 0 Å². The molecule has 44 heavy (non-hydrogen) atoms. The highest BCUT2D eigenvalue weighted by Gasteiger charge is 2.16. The molecule has 9 nitrogen and oxygen atoms in total. The predicted octanol–water partition coefficient (Wildman–Crippen LogP) is -1.45. The van der Waals surface area contributed by atoms with Crippen molar-refractivity contribution in [2.24, 2.45) is 49.3 Å². The minimum Gasteiger partial charge on any atom is -1.00 e. The molecule has 0 aromatic carbocycles. The van der Waals surface area contributed by atoms with Gasteiger partial charge >= 0.3 is 0 Å². The molecular weight excluding hydrogens is 893 g/mol. The third-order valence-corrected chi connectivity index (χ3v) is 9.34. The zero-order valence-corrected chi connectivity index (χ0v) is 37.6. The summed E-state index contributed by atoms with van der Waals surface area (Å²) in [5, 5.41) is 0. The number of alkyl halides is 1. The number of nitrogens with zero attached hydrogens (tertiary/aromatic N) is 8. The van der Waals surface area contributed by atoms with Crippen LogP contribution in [0.2, 0.25) is 0 Å². The fourth-order valence-corrected chi connectivity index (χ4v) is 4.47. The van der Waals surface area contributed by atoms with E-state index in [0.29, 0.717) is 0 Å². The molecule has 0 fully saturated rings. The molecule has 0 spiro atoms. The van der Waals surface area contributed by atoms with Crippen molar-refractivity contribution >= 4 is 22.6 Å². The van der Waals surface area contributed by atoms with Crippen LogP contribution in [0.4, 0.5) is 0 Å².